The maximum atomic E-state index is 12.4. The summed E-state index contributed by atoms with van der Waals surface area (Å²) in [4.78, 5) is 22.2. The summed E-state index contributed by atoms with van der Waals surface area (Å²) in [6.45, 7) is 0. The molecule has 0 aliphatic heterocycles. The minimum Gasteiger partial charge on any atom is -0.294 e. The largest absolute Gasteiger partial charge is 0.294 e. The number of rotatable bonds is 6. The van der Waals surface area contributed by atoms with Gasteiger partial charge in [-0.1, -0.05) is 18.2 Å². The van der Waals surface area contributed by atoms with Gasteiger partial charge < -0.3 is 0 Å². The number of carbonyl (C=O) groups is 1. The van der Waals surface area contributed by atoms with Gasteiger partial charge in [0, 0.05) is 29.3 Å². The number of Topliss-reactive ketones (excluding diaryl/α,β-unsaturated/α-hetero) is 1. The molecule has 2 heterocycles. The molecule has 0 amide bonds. The maximum absolute atomic E-state index is 12.4. The topological polar surface area (TPSA) is 42.9 Å². The molecule has 0 bridgehead atoms. The van der Waals surface area contributed by atoms with E-state index >= 15 is 0 Å². The molecule has 0 aliphatic rings. The highest BCUT2D eigenvalue weighted by molar-refractivity contribution is 7.98. The zero-order valence-corrected chi connectivity index (χ0v) is 14.3. The summed E-state index contributed by atoms with van der Waals surface area (Å²) in [6, 6.07) is 17.7. The number of pyridine rings is 2. The highest BCUT2D eigenvalue weighted by atomic mass is 32.2. The van der Waals surface area contributed by atoms with E-state index in [0.717, 1.165) is 17.8 Å². The number of thioether (sulfide) groups is 1. The first kappa shape index (κ1) is 16.4. The minimum absolute atomic E-state index is 0.115. The summed E-state index contributed by atoms with van der Waals surface area (Å²) in [5, 5.41) is 0. The predicted molar refractivity (Wildman–Crippen MR) is 98.3 cm³/mol. The normalized spacial score (nSPS) is 10.5. The van der Waals surface area contributed by atoms with Crippen LogP contribution in [0, 0.1) is 0 Å². The van der Waals surface area contributed by atoms with Gasteiger partial charge in [-0.2, -0.15) is 0 Å². The summed E-state index contributed by atoms with van der Waals surface area (Å²) in [6.07, 6.45) is 6.67. The van der Waals surface area contributed by atoms with Crippen molar-refractivity contribution >= 4 is 17.5 Å². The van der Waals surface area contributed by atoms with Gasteiger partial charge in [-0.25, -0.2) is 0 Å². The standard InChI is InChI=1S/C20H18N2OS/c1-24-17-6-4-5-15(13-17)8-11-20(23)16-9-10-19(22-14-16)18-7-2-3-12-21-18/h2-7,9-10,12-14H,8,11H2,1H3. The fourth-order valence-corrected chi connectivity index (χ4v) is 2.94. The van der Waals surface area contributed by atoms with Gasteiger partial charge in [-0.05, 0) is 54.6 Å². The molecule has 1 aromatic carbocycles. The van der Waals surface area contributed by atoms with Gasteiger partial charge in [0.2, 0.25) is 0 Å². The third kappa shape index (κ3) is 4.09. The maximum Gasteiger partial charge on any atom is 0.164 e. The van der Waals surface area contributed by atoms with Crippen LogP contribution >= 0.6 is 11.8 Å². The van der Waals surface area contributed by atoms with E-state index in [-0.39, 0.29) is 5.78 Å². The number of aryl methyl sites for hydroxylation is 1. The van der Waals surface area contributed by atoms with Crippen molar-refractivity contribution in [2.45, 2.75) is 17.7 Å². The third-order valence-corrected chi connectivity index (χ3v) is 4.51. The molecule has 0 atom stereocenters. The van der Waals surface area contributed by atoms with E-state index in [1.54, 1.807) is 24.2 Å². The van der Waals surface area contributed by atoms with E-state index in [0.29, 0.717) is 12.0 Å². The first-order valence-electron chi connectivity index (χ1n) is 7.80. The van der Waals surface area contributed by atoms with Crippen molar-refractivity contribution in [3.63, 3.8) is 0 Å². The Labute approximate surface area is 146 Å². The highest BCUT2D eigenvalue weighted by Crippen LogP contribution is 2.18. The van der Waals surface area contributed by atoms with Gasteiger partial charge in [0.1, 0.15) is 0 Å². The Kier molecular flexibility index (Phi) is 5.39. The average molecular weight is 334 g/mol. The summed E-state index contributed by atoms with van der Waals surface area (Å²) >= 11 is 1.71. The molecular weight excluding hydrogens is 316 g/mol. The Morgan fingerprint density at radius 1 is 1.00 bits per heavy atom. The molecule has 0 saturated heterocycles. The van der Waals surface area contributed by atoms with Crippen molar-refractivity contribution in [1.29, 1.82) is 0 Å². The number of ketones is 1. The van der Waals surface area contributed by atoms with Crippen LogP contribution in [0.1, 0.15) is 22.3 Å². The Balaban J connectivity index is 1.65. The van der Waals surface area contributed by atoms with Crippen molar-refractivity contribution in [2.24, 2.45) is 0 Å². The van der Waals surface area contributed by atoms with E-state index < -0.39 is 0 Å². The van der Waals surface area contributed by atoms with Crippen molar-refractivity contribution < 1.29 is 4.79 Å². The highest BCUT2D eigenvalue weighted by Gasteiger charge is 2.08. The molecule has 0 saturated carbocycles. The Morgan fingerprint density at radius 3 is 2.58 bits per heavy atom. The Bertz CT molecular complexity index is 817. The lowest BCUT2D eigenvalue weighted by molar-refractivity contribution is 0.0982. The molecule has 24 heavy (non-hydrogen) atoms. The van der Waals surface area contributed by atoms with Crippen LogP contribution in [-0.2, 0) is 6.42 Å². The number of nitrogens with zero attached hydrogens (tertiary/aromatic N) is 2. The van der Waals surface area contributed by atoms with Crippen molar-refractivity contribution in [1.82, 2.24) is 9.97 Å². The zero-order chi connectivity index (χ0) is 16.8. The molecule has 2 aromatic heterocycles. The SMILES string of the molecule is CSc1cccc(CCC(=O)c2ccc(-c3ccccn3)nc2)c1. The van der Waals surface area contributed by atoms with Crippen LogP contribution in [0.15, 0.2) is 71.9 Å². The van der Waals surface area contributed by atoms with Gasteiger partial charge >= 0.3 is 0 Å². The van der Waals surface area contributed by atoms with Crippen LogP contribution in [0.5, 0.6) is 0 Å². The molecule has 0 fully saturated rings. The second-order valence-electron chi connectivity index (χ2n) is 5.42. The molecule has 3 rings (SSSR count). The third-order valence-electron chi connectivity index (χ3n) is 3.79. The lowest BCUT2D eigenvalue weighted by Gasteiger charge is -2.05. The number of carbonyl (C=O) groups excluding carboxylic acids is 1. The van der Waals surface area contributed by atoms with Crippen LogP contribution in [-0.4, -0.2) is 22.0 Å². The van der Waals surface area contributed by atoms with Crippen molar-refractivity contribution in [3.8, 4) is 11.4 Å². The van der Waals surface area contributed by atoms with E-state index in [9.17, 15) is 4.79 Å². The quantitative estimate of drug-likeness (QED) is 0.485. The molecule has 0 unspecified atom stereocenters. The van der Waals surface area contributed by atoms with Crippen molar-refractivity contribution in [2.75, 3.05) is 6.26 Å². The molecule has 0 N–H and O–H groups in total. The summed E-state index contributed by atoms with van der Waals surface area (Å²) < 4.78 is 0. The van der Waals surface area contributed by atoms with Gasteiger partial charge in [0.15, 0.2) is 5.78 Å². The number of aromatic nitrogens is 2. The lowest BCUT2D eigenvalue weighted by atomic mass is 10.0. The minimum atomic E-state index is 0.115. The fraction of sp³-hybridized carbons (Fsp3) is 0.150. The molecule has 120 valence electrons. The van der Waals surface area contributed by atoms with Crippen LogP contribution in [0.25, 0.3) is 11.4 Å². The van der Waals surface area contributed by atoms with E-state index in [1.807, 2.05) is 36.4 Å². The van der Waals surface area contributed by atoms with E-state index in [2.05, 4.69) is 34.4 Å². The first-order valence-corrected chi connectivity index (χ1v) is 9.02. The molecule has 3 aromatic rings. The first-order chi connectivity index (χ1) is 11.8. The molecule has 4 heteroatoms. The van der Waals surface area contributed by atoms with Crippen LogP contribution < -0.4 is 0 Å². The molecule has 3 nitrogen and oxygen atoms in total. The second kappa shape index (κ2) is 7.88. The summed E-state index contributed by atoms with van der Waals surface area (Å²) in [5.41, 5.74) is 3.43. The molecule has 0 radical (unpaired) electrons. The average Bonchev–Trinajstić information content (AvgIpc) is 2.67. The Hall–Kier alpha value is -2.46. The smallest absolute Gasteiger partial charge is 0.164 e. The van der Waals surface area contributed by atoms with E-state index in [1.165, 1.54) is 10.5 Å². The second-order valence-corrected chi connectivity index (χ2v) is 6.30. The fourth-order valence-electron chi connectivity index (χ4n) is 2.45. The Morgan fingerprint density at radius 2 is 1.88 bits per heavy atom. The van der Waals surface area contributed by atoms with Crippen LogP contribution in [0.2, 0.25) is 0 Å². The summed E-state index contributed by atoms with van der Waals surface area (Å²) in [5.74, 6) is 0.115. The molecular formula is C20H18N2OS. The zero-order valence-electron chi connectivity index (χ0n) is 13.5. The van der Waals surface area contributed by atoms with Crippen LogP contribution in [0.4, 0.5) is 0 Å². The van der Waals surface area contributed by atoms with Crippen LogP contribution in [0.3, 0.4) is 0 Å². The number of hydrogen-bond donors (Lipinski definition) is 0. The number of hydrogen-bond acceptors (Lipinski definition) is 4. The summed E-state index contributed by atoms with van der Waals surface area (Å²) in [7, 11) is 0. The van der Waals surface area contributed by atoms with Gasteiger partial charge in [-0.3, -0.25) is 14.8 Å². The molecule has 0 aliphatic carbocycles. The lowest BCUT2D eigenvalue weighted by Crippen LogP contribution is -2.02. The van der Waals surface area contributed by atoms with Gasteiger partial charge in [0.05, 0.1) is 11.4 Å². The van der Waals surface area contributed by atoms with E-state index in [4.69, 9.17) is 0 Å². The predicted octanol–water partition coefficient (Wildman–Crippen LogP) is 4.68. The molecule has 0 spiro atoms. The monoisotopic (exact) mass is 334 g/mol. The van der Waals surface area contributed by atoms with Gasteiger partial charge in [0.25, 0.3) is 0 Å². The number of benzene rings is 1. The van der Waals surface area contributed by atoms with Gasteiger partial charge in [-0.15, -0.1) is 11.8 Å². The van der Waals surface area contributed by atoms with Crippen molar-refractivity contribution in [3.05, 3.63) is 78.1 Å².